The zero-order chi connectivity index (χ0) is 10.7. The molecule has 15 heavy (non-hydrogen) atoms. The van der Waals surface area contributed by atoms with E-state index in [1.54, 1.807) is 11.3 Å². The monoisotopic (exact) mass is 221 g/mol. The first kappa shape index (κ1) is 10.5. The van der Waals surface area contributed by atoms with Crippen LogP contribution in [0.3, 0.4) is 0 Å². The fraction of sp³-hybridized carbons (Fsp3) is 0.333. The van der Waals surface area contributed by atoms with Gasteiger partial charge in [0.15, 0.2) is 0 Å². The molecule has 3 heteroatoms. The van der Waals surface area contributed by atoms with Gasteiger partial charge in [0, 0.05) is 16.9 Å². The van der Waals surface area contributed by atoms with Crippen LogP contribution in [-0.2, 0) is 0 Å². The Labute approximate surface area is 93.6 Å². The maximum atomic E-state index is 9.43. The lowest BCUT2D eigenvalue weighted by atomic mass is 10.2. The number of rotatable bonds is 4. The van der Waals surface area contributed by atoms with Gasteiger partial charge in [-0.15, -0.1) is 11.3 Å². The summed E-state index contributed by atoms with van der Waals surface area (Å²) in [6.45, 7) is 2.60. The van der Waals surface area contributed by atoms with Crippen molar-refractivity contribution >= 4 is 27.1 Å². The molecule has 0 amide bonds. The summed E-state index contributed by atoms with van der Waals surface area (Å²) in [6, 6.07) is 8.40. The summed E-state index contributed by atoms with van der Waals surface area (Å²) in [6.07, 6.45) is 0.524. The van der Waals surface area contributed by atoms with Gasteiger partial charge in [0.1, 0.15) is 0 Å². The van der Waals surface area contributed by atoms with Crippen LogP contribution in [0, 0.1) is 0 Å². The lowest BCUT2D eigenvalue weighted by molar-refractivity contribution is 0.183. The number of nitrogens with one attached hydrogen (secondary N) is 1. The van der Waals surface area contributed by atoms with E-state index in [0.717, 1.165) is 12.1 Å². The van der Waals surface area contributed by atoms with Crippen molar-refractivity contribution in [1.82, 2.24) is 0 Å². The van der Waals surface area contributed by atoms with E-state index in [9.17, 15) is 5.11 Å². The number of aliphatic hydroxyl groups excluding tert-OH is 1. The lowest BCUT2D eigenvalue weighted by Gasteiger charge is -2.10. The predicted molar refractivity (Wildman–Crippen MR) is 66.6 cm³/mol. The van der Waals surface area contributed by atoms with Crippen LogP contribution >= 0.6 is 11.3 Å². The maximum Gasteiger partial charge on any atom is 0.0709 e. The normalized spacial score (nSPS) is 12.9. The molecule has 2 aromatic rings. The number of fused-ring (bicyclic) bond motifs is 1. The van der Waals surface area contributed by atoms with Crippen molar-refractivity contribution in [3.8, 4) is 0 Å². The van der Waals surface area contributed by atoms with Crippen LogP contribution in [-0.4, -0.2) is 17.8 Å². The van der Waals surface area contributed by atoms with Crippen molar-refractivity contribution in [3.05, 3.63) is 29.6 Å². The molecule has 1 atom stereocenters. The minimum absolute atomic E-state index is 0.261. The number of anilines is 1. The maximum absolute atomic E-state index is 9.43. The number of hydrogen-bond donors (Lipinski definition) is 2. The summed E-state index contributed by atoms with van der Waals surface area (Å²) < 4.78 is 1.30. The Balaban J connectivity index is 2.08. The molecule has 2 nitrogen and oxygen atoms in total. The van der Waals surface area contributed by atoms with Crippen molar-refractivity contribution in [2.75, 3.05) is 11.9 Å². The van der Waals surface area contributed by atoms with E-state index < -0.39 is 0 Å². The van der Waals surface area contributed by atoms with Gasteiger partial charge in [-0.3, -0.25) is 0 Å². The van der Waals surface area contributed by atoms with Gasteiger partial charge in [-0.1, -0.05) is 6.92 Å². The van der Waals surface area contributed by atoms with Gasteiger partial charge >= 0.3 is 0 Å². The predicted octanol–water partition coefficient (Wildman–Crippen LogP) is 3.08. The topological polar surface area (TPSA) is 32.3 Å². The molecule has 1 aromatic carbocycles. The molecule has 0 saturated carbocycles. The standard InChI is InChI=1S/C12H15NOS/c1-2-11(14)8-13-10-3-4-12-9(7-10)5-6-15-12/h3-7,11,13-14H,2,8H2,1H3. The Morgan fingerprint density at radius 1 is 1.40 bits per heavy atom. The summed E-state index contributed by atoms with van der Waals surface area (Å²) >= 11 is 1.75. The van der Waals surface area contributed by atoms with Gasteiger partial charge in [0.25, 0.3) is 0 Å². The van der Waals surface area contributed by atoms with Gasteiger partial charge in [0.2, 0.25) is 0 Å². The van der Waals surface area contributed by atoms with E-state index in [0.29, 0.717) is 6.54 Å². The quantitative estimate of drug-likeness (QED) is 0.831. The minimum atomic E-state index is -0.261. The van der Waals surface area contributed by atoms with E-state index >= 15 is 0 Å². The van der Waals surface area contributed by atoms with Crippen LogP contribution in [0.2, 0.25) is 0 Å². The molecular formula is C12H15NOS. The van der Waals surface area contributed by atoms with E-state index in [4.69, 9.17) is 0 Å². The van der Waals surface area contributed by atoms with Crippen LogP contribution in [0.1, 0.15) is 13.3 Å². The molecule has 0 saturated heterocycles. The molecule has 0 bridgehead atoms. The Kier molecular flexibility index (Phi) is 3.23. The van der Waals surface area contributed by atoms with Crippen molar-refractivity contribution in [3.63, 3.8) is 0 Å². The first-order chi connectivity index (χ1) is 7.29. The largest absolute Gasteiger partial charge is 0.391 e. The molecule has 0 aliphatic heterocycles. The van der Waals surface area contributed by atoms with Crippen molar-refractivity contribution < 1.29 is 5.11 Å². The van der Waals surface area contributed by atoms with Gasteiger partial charge < -0.3 is 10.4 Å². The third-order valence-corrected chi connectivity index (χ3v) is 3.36. The zero-order valence-electron chi connectivity index (χ0n) is 8.73. The molecule has 0 radical (unpaired) electrons. The second-order valence-electron chi connectivity index (χ2n) is 3.62. The number of aliphatic hydroxyl groups is 1. The van der Waals surface area contributed by atoms with E-state index in [1.165, 1.54) is 10.1 Å². The fourth-order valence-corrected chi connectivity index (χ4v) is 2.23. The van der Waals surface area contributed by atoms with Gasteiger partial charge in [-0.05, 0) is 41.5 Å². The van der Waals surface area contributed by atoms with Gasteiger partial charge in [-0.2, -0.15) is 0 Å². The highest BCUT2D eigenvalue weighted by atomic mass is 32.1. The smallest absolute Gasteiger partial charge is 0.0709 e. The molecule has 2 N–H and O–H groups in total. The average molecular weight is 221 g/mol. The third-order valence-electron chi connectivity index (χ3n) is 2.47. The van der Waals surface area contributed by atoms with Crippen molar-refractivity contribution in [2.45, 2.75) is 19.4 Å². The fourth-order valence-electron chi connectivity index (χ4n) is 1.46. The molecular weight excluding hydrogens is 206 g/mol. The Morgan fingerprint density at radius 2 is 2.27 bits per heavy atom. The molecule has 0 fully saturated rings. The SMILES string of the molecule is CCC(O)CNc1ccc2sccc2c1. The van der Waals surface area contributed by atoms with Crippen LogP contribution in [0.5, 0.6) is 0 Å². The van der Waals surface area contributed by atoms with E-state index in [1.807, 2.05) is 6.92 Å². The average Bonchev–Trinajstić information content (AvgIpc) is 2.72. The Bertz CT molecular complexity index is 438. The van der Waals surface area contributed by atoms with Crippen LogP contribution in [0.15, 0.2) is 29.6 Å². The Hall–Kier alpha value is -1.06. The second-order valence-corrected chi connectivity index (χ2v) is 4.56. The summed E-state index contributed by atoms with van der Waals surface area (Å²) in [7, 11) is 0. The second kappa shape index (κ2) is 4.64. The summed E-state index contributed by atoms with van der Waals surface area (Å²) in [5.41, 5.74) is 1.08. The molecule has 1 unspecified atom stereocenters. The van der Waals surface area contributed by atoms with Crippen LogP contribution in [0.25, 0.3) is 10.1 Å². The molecule has 1 aromatic heterocycles. The van der Waals surface area contributed by atoms with Gasteiger partial charge in [-0.25, -0.2) is 0 Å². The summed E-state index contributed by atoms with van der Waals surface area (Å²) in [4.78, 5) is 0. The first-order valence-electron chi connectivity index (χ1n) is 5.19. The highest BCUT2D eigenvalue weighted by Crippen LogP contribution is 2.23. The Morgan fingerprint density at radius 3 is 3.07 bits per heavy atom. The minimum Gasteiger partial charge on any atom is -0.391 e. The van der Waals surface area contributed by atoms with E-state index in [2.05, 4.69) is 35.0 Å². The molecule has 80 valence electrons. The highest BCUT2D eigenvalue weighted by Gasteiger charge is 2.01. The molecule has 0 spiro atoms. The molecule has 1 heterocycles. The summed E-state index contributed by atoms with van der Waals surface area (Å²) in [5.74, 6) is 0. The lowest BCUT2D eigenvalue weighted by Crippen LogP contribution is -2.17. The molecule has 0 aliphatic carbocycles. The first-order valence-corrected chi connectivity index (χ1v) is 6.06. The number of hydrogen-bond acceptors (Lipinski definition) is 3. The molecule has 0 aliphatic rings. The van der Waals surface area contributed by atoms with Crippen molar-refractivity contribution in [2.24, 2.45) is 0 Å². The highest BCUT2D eigenvalue weighted by molar-refractivity contribution is 7.17. The zero-order valence-corrected chi connectivity index (χ0v) is 9.55. The van der Waals surface area contributed by atoms with E-state index in [-0.39, 0.29) is 6.10 Å². The van der Waals surface area contributed by atoms with Crippen LogP contribution < -0.4 is 5.32 Å². The number of thiophene rings is 1. The molecule has 2 rings (SSSR count). The van der Waals surface area contributed by atoms with Crippen LogP contribution in [0.4, 0.5) is 5.69 Å². The number of benzene rings is 1. The van der Waals surface area contributed by atoms with Gasteiger partial charge in [0.05, 0.1) is 6.10 Å². The summed E-state index contributed by atoms with van der Waals surface area (Å²) in [5, 5.41) is 16.0. The van der Waals surface area contributed by atoms with Crippen molar-refractivity contribution in [1.29, 1.82) is 0 Å². The third kappa shape index (κ3) is 2.49.